The second kappa shape index (κ2) is 5.53. The van der Waals surface area contributed by atoms with E-state index in [1.807, 2.05) is 12.1 Å². The van der Waals surface area contributed by atoms with Gasteiger partial charge in [-0.15, -0.1) is 11.3 Å². The van der Waals surface area contributed by atoms with Crippen molar-refractivity contribution in [2.24, 2.45) is 5.92 Å². The Bertz CT molecular complexity index is 585. The molecule has 3 nitrogen and oxygen atoms in total. The maximum absolute atomic E-state index is 11.0. The van der Waals surface area contributed by atoms with Gasteiger partial charge < -0.3 is 5.11 Å². The summed E-state index contributed by atoms with van der Waals surface area (Å²) in [5, 5.41) is 9.78. The Morgan fingerprint density at radius 1 is 1.32 bits per heavy atom. The molecule has 1 heterocycles. The van der Waals surface area contributed by atoms with Crippen molar-refractivity contribution < 1.29 is 9.90 Å². The molecule has 0 atom stereocenters. The number of carboxylic acid groups (broad SMARTS) is 1. The van der Waals surface area contributed by atoms with E-state index in [9.17, 15) is 4.79 Å². The summed E-state index contributed by atoms with van der Waals surface area (Å²) >= 11 is 1.42. The van der Waals surface area contributed by atoms with Gasteiger partial charge in [-0.1, -0.05) is 38.1 Å². The SMILES string of the molecule is Cc1sc(-c2ccc(CC(C)C)cc2)nc1C(=O)O. The maximum Gasteiger partial charge on any atom is 0.355 e. The molecule has 0 saturated carbocycles. The van der Waals surface area contributed by atoms with Crippen molar-refractivity contribution in [1.29, 1.82) is 0 Å². The van der Waals surface area contributed by atoms with Crippen LogP contribution in [-0.4, -0.2) is 16.1 Å². The Hall–Kier alpha value is -1.68. The number of aryl methyl sites for hydroxylation is 1. The highest BCUT2D eigenvalue weighted by Gasteiger charge is 2.14. The number of nitrogens with zero attached hydrogens (tertiary/aromatic N) is 1. The van der Waals surface area contributed by atoms with Gasteiger partial charge in [0, 0.05) is 10.4 Å². The van der Waals surface area contributed by atoms with Gasteiger partial charge in [-0.2, -0.15) is 0 Å². The normalized spacial score (nSPS) is 10.9. The summed E-state index contributed by atoms with van der Waals surface area (Å²) in [6.07, 6.45) is 1.05. The Balaban J connectivity index is 2.27. The summed E-state index contributed by atoms with van der Waals surface area (Å²) in [5.41, 5.74) is 2.44. The third-order valence-corrected chi connectivity index (χ3v) is 3.86. The van der Waals surface area contributed by atoms with Crippen molar-refractivity contribution in [2.75, 3.05) is 0 Å². The first-order valence-corrected chi connectivity index (χ1v) is 7.09. The highest BCUT2D eigenvalue weighted by Crippen LogP contribution is 2.28. The average Bonchev–Trinajstić information content (AvgIpc) is 2.71. The Kier molecular flexibility index (Phi) is 4.00. The maximum atomic E-state index is 11.0. The van der Waals surface area contributed by atoms with E-state index in [1.165, 1.54) is 16.9 Å². The third-order valence-electron chi connectivity index (χ3n) is 2.84. The summed E-state index contributed by atoms with van der Waals surface area (Å²) in [6, 6.07) is 8.21. The fourth-order valence-corrected chi connectivity index (χ4v) is 2.88. The minimum Gasteiger partial charge on any atom is -0.476 e. The molecule has 0 aliphatic carbocycles. The van der Waals surface area contributed by atoms with Gasteiger partial charge in [0.15, 0.2) is 5.69 Å². The first-order valence-electron chi connectivity index (χ1n) is 6.27. The molecule has 0 unspecified atom stereocenters. The molecule has 0 aliphatic rings. The molecule has 4 heteroatoms. The zero-order valence-corrected chi connectivity index (χ0v) is 12.1. The van der Waals surface area contributed by atoms with Crippen LogP contribution in [0.5, 0.6) is 0 Å². The van der Waals surface area contributed by atoms with E-state index in [1.54, 1.807) is 6.92 Å². The minimum atomic E-state index is -0.962. The van der Waals surface area contributed by atoms with Crippen LogP contribution in [0, 0.1) is 12.8 Å². The van der Waals surface area contributed by atoms with Gasteiger partial charge in [0.2, 0.25) is 0 Å². The molecule has 0 aliphatic heterocycles. The first kappa shape index (κ1) is 13.7. The third kappa shape index (κ3) is 3.20. The van der Waals surface area contributed by atoms with E-state index in [2.05, 4.69) is 31.0 Å². The molecule has 100 valence electrons. The summed E-state index contributed by atoms with van der Waals surface area (Å²) in [4.78, 5) is 15.9. The Labute approximate surface area is 116 Å². The van der Waals surface area contributed by atoms with Crippen LogP contribution < -0.4 is 0 Å². The van der Waals surface area contributed by atoms with Crippen LogP contribution in [0.15, 0.2) is 24.3 Å². The number of aromatic carboxylic acids is 1. The van der Waals surface area contributed by atoms with Crippen molar-refractivity contribution in [3.8, 4) is 10.6 Å². The van der Waals surface area contributed by atoms with E-state index in [4.69, 9.17) is 5.11 Å². The molecule has 0 radical (unpaired) electrons. The van der Waals surface area contributed by atoms with E-state index < -0.39 is 5.97 Å². The summed E-state index contributed by atoms with van der Waals surface area (Å²) in [6.45, 7) is 6.17. The van der Waals surface area contributed by atoms with Crippen molar-refractivity contribution >= 4 is 17.3 Å². The molecule has 1 N–H and O–H groups in total. The molecule has 2 aromatic rings. The molecule has 19 heavy (non-hydrogen) atoms. The van der Waals surface area contributed by atoms with Gasteiger partial charge in [0.1, 0.15) is 5.01 Å². The predicted octanol–water partition coefficient (Wildman–Crippen LogP) is 4.02. The standard InChI is InChI=1S/C15H17NO2S/c1-9(2)8-11-4-6-12(7-5-11)14-16-13(15(17)18)10(3)19-14/h4-7,9H,8H2,1-3H3,(H,17,18). The molecule has 0 amide bonds. The van der Waals surface area contributed by atoms with Crippen molar-refractivity contribution in [2.45, 2.75) is 27.2 Å². The molecule has 1 aromatic heterocycles. The lowest BCUT2D eigenvalue weighted by Gasteiger charge is -2.05. The highest BCUT2D eigenvalue weighted by molar-refractivity contribution is 7.15. The lowest BCUT2D eigenvalue weighted by Crippen LogP contribution is -1.98. The van der Waals surface area contributed by atoms with Gasteiger partial charge in [0.25, 0.3) is 0 Å². The number of hydrogen-bond acceptors (Lipinski definition) is 3. The van der Waals surface area contributed by atoms with Gasteiger partial charge in [-0.25, -0.2) is 9.78 Å². The Morgan fingerprint density at radius 3 is 2.42 bits per heavy atom. The van der Waals surface area contributed by atoms with E-state index in [-0.39, 0.29) is 5.69 Å². The lowest BCUT2D eigenvalue weighted by atomic mass is 10.0. The summed E-state index contributed by atoms with van der Waals surface area (Å²) < 4.78 is 0. The van der Waals surface area contributed by atoms with Gasteiger partial charge in [0.05, 0.1) is 0 Å². The number of thiazole rings is 1. The number of benzene rings is 1. The van der Waals surface area contributed by atoms with Crippen LogP contribution in [-0.2, 0) is 6.42 Å². The van der Waals surface area contributed by atoms with Gasteiger partial charge in [-0.3, -0.25) is 0 Å². The lowest BCUT2D eigenvalue weighted by molar-refractivity contribution is 0.0690. The fourth-order valence-electron chi connectivity index (χ4n) is 1.97. The van der Waals surface area contributed by atoms with Crippen molar-refractivity contribution in [3.63, 3.8) is 0 Å². The van der Waals surface area contributed by atoms with Crippen LogP contribution in [0.2, 0.25) is 0 Å². The smallest absolute Gasteiger partial charge is 0.355 e. The molecule has 0 bridgehead atoms. The monoisotopic (exact) mass is 275 g/mol. The summed E-state index contributed by atoms with van der Waals surface area (Å²) in [5.74, 6) is -0.331. The van der Waals surface area contributed by atoms with Gasteiger partial charge >= 0.3 is 5.97 Å². The molecule has 0 saturated heterocycles. The molecule has 0 spiro atoms. The van der Waals surface area contributed by atoms with Crippen LogP contribution in [0.25, 0.3) is 10.6 Å². The van der Waals surface area contributed by atoms with Crippen LogP contribution in [0.1, 0.15) is 34.8 Å². The van der Waals surface area contributed by atoms with E-state index >= 15 is 0 Å². The number of carboxylic acids is 1. The molecule has 0 fully saturated rings. The van der Waals surface area contributed by atoms with Crippen LogP contribution >= 0.6 is 11.3 Å². The van der Waals surface area contributed by atoms with Crippen molar-refractivity contribution in [1.82, 2.24) is 4.98 Å². The molecule has 2 rings (SSSR count). The van der Waals surface area contributed by atoms with Crippen LogP contribution in [0.3, 0.4) is 0 Å². The zero-order chi connectivity index (χ0) is 14.0. The minimum absolute atomic E-state index is 0.159. The number of carbonyl (C=O) groups is 1. The van der Waals surface area contributed by atoms with E-state index in [0.29, 0.717) is 5.92 Å². The van der Waals surface area contributed by atoms with Crippen LogP contribution in [0.4, 0.5) is 0 Å². The molecular weight excluding hydrogens is 258 g/mol. The predicted molar refractivity (Wildman–Crippen MR) is 77.8 cm³/mol. The first-order chi connectivity index (χ1) is 8.97. The molecular formula is C15H17NO2S. The average molecular weight is 275 g/mol. The Morgan fingerprint density at radius 2 is 1.95 bits per heavy atom. The zero-order valence-electron chi connectivity index (χ0n) is 11.3. The van der Waals surface area contributed by atoms with Gasteiger partial charge in [-0.05, 0) is 24.8 Å². The summed E-state index contributed by atoms with van der Waals surface area (Å²) in [7, 11) is 0. The van der Waals surface area contributed by atoms with Crippen molar-refractivity contribution in [3.05, 3.63) is 40.4 Å². The molecule has 1 aromatic carbocycles. The second-order valence-electron chi connectivity index (χ2n) is 5.02. The van der Waals surface area contributed by atoms with E-state index in [0.717, 1.165) is 21.9 Å². The second-order valence-corrected chi connectivity index (χ2v) is 6.23. The fraction of sp³-hybridized carbons (Fsp3) is 0.333. The highest BCUT2D eigenvalue weighted by atomic mass is 32.1. The number of hydrogen-bond donors (Lipinski definition) is 1. The largest absolute Gasteiger partial charge is 0.476 e. The number of aromatic nitrogens is 1. The number of rotatable bonds is 4. The topological polar surface area (TPSA) is 50.2 Å². The quantitative estimate of drug-likeness (QED) is 0.917.